The third-order valence-electron chi connectivity index (χ3n) is 3.66. The van der Waals surface area contributed by atoms with Gasteiger partial charge in [-0.2, -0.15) is 0 Å². The van der Waals surface area contributed by atoms with Crippen LogP contribution in [0, 0.1) is 0 Å². The number of allylic oxidation sites excluding steroid dienone is 7. The third kappa shape index (κ3) is 10.9. The van der Waals surface area contributed by atoms with E-state index in [0.29, 0.717) is 24.3 Å². The molecule has 1 aromatic rings. The molecule has 0 spiro atoms. The van der Waals surface area contributed by atoms with Crippen LogP contribution in [0.4, 0.5) is 0 Å². The number of carbonyl (C=O) groups is 1. The largest absolute Gasteiger partial charge is 0.493 e. The molecule has 27 heavy (non-hydrogen) atoms. The van der Waals surface area contributed by atoms with Crippen molar-refractivity contribution in [3.8, 4) is 5.75 Å². The highest BCUT2D eigenvalue weighted by Crippen LogP contribution is 2.13. The van der Waals surface area contributed by atoms with Crippen LogP contribution in [0.25, 0.3) is 0 Å². The zero-order valence-corrected chi connectivity index (χ0v) is 16.2. The van der Waals surface area contributed by atoms with E-state index in [1.807, 2.05) is 24.3 Å². The summed E-state index contributed by atoms with van der Waals surface area (Å²) in [7, 11) is 1.35. The minimum absolute atomic E-state index is 0.377. The van der Waals surface area contributed by atoms with E-state index in [9.17, 15) is 9.90 Å². The van der Waals surface area contributed by atoms with Crippen LogP contribution in [0.3, 0.4) is 0 Å². The molecule has 0 unspecified atom stereocenters. The van der Waals surface area contributed by atoms with Crippen LogP contribution in [-0.4, -0.2) is 30.9 Å². The van der Waals surface area contributed by atoms with Gasteiger partial charge in [0, 0.05) is 6.42 Å². The monoisotopic (exact) mass is 370 g/mol. The predicted octanol–water partition coefficient (Wildman–Crippen LogP) is 5.02. The van der Waals surface area contributed by atoms with Gasteiger partial charge < -0.3 is 14.6 Å². The Balaban J connectivity index is 2.21. The van der Waals surface area contributed by atoms with Crippen molar-refractivity contribution in [2.45, 2.75) is 38.7 Å². The average Bonchev–Trinajstić information content (AvgIpc) is 2.69. The maximum absolute atomic E-state index is 11.3. The van der Waals surface area contributed by atoms with Crippen LogP contribution in [0.1, 0.15) is 43.0 Å². The first-order valence-corrected chi connectivity index (χ1v) is 9.31. The normalized spacial score (nSPS) is 13.1. The fourth-order valence-corrected chi connectivity index (χ4v) is 2.17. The number of unbranched alkanes of at least 4 members (excludes halogenated alkanes) is 1. The lowest BCUT2D eigenvalue weighted by Crippen LogP contribution is -2.09. The van der Waals surface area contributed by atoms with Crippen LogP contribution in [0.15, 0.2) is 72.9 Å². The highest BCUT2D eigenvalue weighted by molar-refractivity contribution is 5.89. The maximum Gasteiger partial charge on any atom is 0.337 e. The standard InChI is InChI=1S/C23H30O4/c1-3-4-5-6-7-8-9-10-11-12-13-21(24)18-19-27-22-16-14-20(15-17-22)23(25)26-2/h4-5,8-17,21,24H,3,6-7,18-19H2,1-2H3/b5-4-,9-8+,11-10-,13-12+/t21-/m1/s1. The predicted molar refractivity (Wildman–Crippen MR) is 110 cm³/mol. The molecule has 1 atom stereocenters. The van der Waals surface area contributed by atoms with Gasteiger partial charge in [-0.05, 0) is 43.5 Å². The summed E-state index contributed by atoms with van der Waals surface area (Å²) < 4.78 is 10.2. The van der Waals surface area contributed by atoms with Crippen molar-refractivity contribution in [1.29, 1.82) is 0 Å². The van der Waals surface area contributed by atoms with Crippen molar-refractivity contribution in [3.05, 3.63) is 78.4 Å². The molecule has 0 radical (unpaired) electrons. The second-order valence-electron chi connectivity index (χ2n) is 5.88. The summed E-state index contributed by atoms with van der Waals surface area (Å²) in [6.07, 6.45) is 19.0. The number of esters is 1. The van der Waals surface area contributed by atoms with E-state index in [2.05, 4.69) is 29.9 Å². The zero-order chi connectivity index (χ0) is 19.7. The molecular formula is C23H30O4. The summed E-state index contributed by atoms with van der Waals surface area (Å²) in [5, 5.41) is 9.91. The van der Waals surface area contributed by atoms with Crippen molar-refractivity contribution < 1.29 is 19.4 Å². The molecule has 4 heteroatoms. The minimum Gasteiger partial charge on any atom is -0.493 e. The lowest BCUT2D eigenvalue weighted by atomic mass is 10.2. The van der Waals surface area contributed by atoms with E-state index in [0.717, 1.165) is 19.3 Å². The van der Waals surface area contributed by atoms with Gasteiger partial charge in [0.15, 0.2) is 0 Å². The van der Waals surface area contributed by atoms with Gasteiger partial charge in [-0.1, -0.05) is 55.5 Å². The van der Waals surface area contributed by atoms with Gasteiger partial charge >= 0.3 is 5.97 Å². The number of ether oxygens (including phenoxy) is 2. The lowest BCUT2D eigenvalue weighted by Gasteiger charge is -2.08. The Bertz CT molecular complexity index is 639. The summed E-state index contributed by atoms with van der Waals surface area (Å²) in [6.45, 7) is 2.52. The number of benzene rings is 1. The fourth-order valence-electron chi connectivity index (χ4n) is 2.17. The molecule has 0 aromatic heterocycles. The molecule has 1 aromatic carbocycles. The molecule has 1 N–H and O–H groups in total. The average molecular weight is 370 g/mol. The summed E-state index contributed by atoms with van der Waals surface area (Å²) in [5.74, 6) is 0.274. The first-order chi connectivity index (χ1) is 13.2. The topological polar surface area (TPSA) is 55.8 Å². The van der Waals surface area contributed by atoms with Crippen LogP contribution in [0.5, 0.6) is 5.75 Å². The number of carbonyl (C=O) groups excluding carboxylic acids is 1. The molecule has 0 aliphatic heterocycles. The molecule has 4 nitrogen and oxygen atoms in total. The van der Waals surface area contributed by atoms with Gasteiger partial charge in [0.1, 0.15) is 5.75 Å². The van der Waals surface area contributed by atoms with E-state index < -0.39 is 6.10 Å². The number of methoxy groups -OCH3 is 1. The molecule has 0 aliphatic carbocycles. The van der Waals surface area contributed by atoms with Crippen molar-refractivity contribution in [3.63, 3.8) is 0 Å². The van der Waals surface area contributed by atoms with Crippen molar-refractivity contribution in [2.24, 2.45) is 0 Å². The van der Waals surface area contributed by atoms with Crippen LogP contribution in [-0.2, 0) is 4.74 Å². The maximum atomic E-state index is 11.3. The molecular weight excluding hydrogens is 340 g/mol. The summed E-state index contributed by atoms with van der Waals surface area (Å²) in [6, 6.07) is 6.72. The molecule has 0 aliphatic rings. The van der Waals surface area contributed by atoms with Gasteiger partial charge in [-0.3, -0.25) is 0 Å². The Morgan fingerprint density at radius 2 is 1.74 bits per heavy atom. The van der Waals surface area contributed by atoms with E-state index in [1.54, 1.807) is 30.3 Å². The third-order valence-corrected chi connectivity index (χ3v) is 3.66. The highest BCUT2D eigenvalue weighted by atomic mass is 16.5. The van der Waals surface area contributed by atoms with E-state index in [1.165, 1.54) is 7.11 Å². The van der Waals surface area contributed by atoms with Gasteiger partial charge in [0.25, 0.3) is 0 Å². The van der Waals surface area contributed by atoms with Crippen LogP contribution >= 0.6 is 0 Å². The highest BCUT2D eigenvalue weighted by Gasteiger charge is 2.05. The Labute approximate surface area is 162 Å². The number of rotatable bonds is 12. The lowest BCUT2D eigenvalue weighted by molar-refractivity contribution is 0.0600. The Morgan fingerprint density at radius 3 is 2.44 bits per heavy atom. The summed E-state index contributed by atoms with van der Waals surface area (Å²) >= 11 is 0. The number of aliphatic hydroxyl groups is 1. The van der Waals surface area contributed by atoms with Crippen LogP contribution < -0.4 is 4.74 Å². The van der Waals surface area contributed by atoms with E-state index in [-0.39, 0.29) is 5.97 Å². The molecule has 0 fully saturated rings. The van der Waals surface area contributed by atoms with Crippen molar-refractivity contribution >= 4 is 5.97 Å². The van der Waals surface area contributed by atoms with E-state index >= 15 is 0 Å². The second-order valence-corrected chi connectivity index (χ2v) is 5.88. The fraction of sp³-hybridized carbons (Fsp3) is 0.348. The molecule has 1 rings (SSSR count). The first kappa shape index (κ1) is 22.5. The molecule has 0 bridgehead atoms. The van der Waals surface area contributed by atoms with Gasteiger partial charge in [0.05, 0.1) is 25.4 Å². The molecule has 0 amide bonds. The first-order valence-electron chi connectivity index (χ1n) is 9.31. The number of aliphatic hydroxyl groups excluding tert-OH is 1. The van der Waals surface area contributed by atoms with Crippen LogP contribution in [0.2, 0.25) is 0 Å². The minimum atomic E-state index is -0.563. The molecule has 0 saturated heterocycles. The smallest absolute Gasteiger partial charge is 0.337 e. The number of hydrogen-bond acceptors (Lipinski definition) is 4. The van der Waals surface area contributed by atoms with E-state index in [4.69, 9.17) is 4.74 Å². The molecule has 0 saturated carbocycles. The molecule has 146 valence electrons. The summed E-state index contributed by atoms with van der Waals surface area (Å²) in [5.41, 5.74) is 0.478. The van der Waals surface area contributed by atoms with Crippen molar-refractivity contribution in [2.75, 3.05) is 13.7 Å². The van der Waals surface area contributed by atoms with Gasteiger partial charge in [0.2, 0.25) is 0 Å². The Hall–Kier alpha value is -2.59. The molecule has 0 heterocycles. The Kier molecular flexibility index (Phi) is 12.1. The quantitative estimate of drug-likeness (QED) is 0.243. The summed E-state index contributed by atoms with van der Waals surface area (Å²) in [4.78, 5) is 11.3. The zero-order valence-electron chi connectivity index (χ0n) is 16.2. The second kappa shape index (κ2) is 14.6. The van der Waals surface area contributed by atoms with Crippen molar-refractivity contribution in [1.82, 2.24) is 0 Å². The van der Waals surface area contributed by atoms with Gasteiger partial charge in [-0.25, -0.2) is 4.79 Å². The Morgan fingerprint density at radius 1 is 1.04 bits per heavy atom. The SMILES string of the molecule is CC/C=C\CC/C=C/C=C\C=C\[C@@H](O)CCOc1ccc(C(=O)OC)cc1. The number of hydrogen-bond donors (Lipinski definition) is 1. The van der Waals surface area contributed by atoms with Gasteiger partial charge in [-0.15, -0.1) is 0 Å².